The summed E-state index contributed by atoms with van der Waals surface area (Å²) in [5.74, 6) is 0. The Morgan fingerprint density at radius 3 is 2.45 bits per heavy atom. The van der Waals surface area contributed by atoms with Crippen molar-refractivity contribution in [3.63, 3.8) is 0 Å². The number of imidazole rings is 1. The van der Waals surface area contributed by atoms with Crippen molar-refractivity contribution in [2.24, 2.45) is 0 Å². The Morgan fingerprint density at radius 2 is 1.79 bits per heavy atom. The van der Waals surface area contributed by atoms with Crippen LogP contribution in [-0.2, 0) is 42.0 Å². The highest BCUT2D eigenvalue weighted by atomic mass is 32.2. The third-order valence-corrected chi connectivity index (χ3v) is 7.77. The van der Waals surface area contributed by atoms with Gasteiger partial charge in [0.05, 0.1) is 17.1 Å². The van der Waals surface area contributed by atoms with Gasteiger partial charge in [0.1, 0.15) is 0 Å². The minimum absolute atomic E-state index is 0.196. The molecular weight excluding hydrogens is 451 g/mol. The van der Waals surface area contributed by atoms with Crippen molar-refractivity contribution in [1.82, 2.24) is 14.3 Å². The van der Waals surface area contributed by atoms with Crippen LogP contribution in [0.1, 0.15) is 47.2 Å². The lowest BCUT2D eigenvalue weighted by Crippen LogP contribution is -2.39. The molecule has 9 heteroatoms. The maximum Gasteiger partial charge on any atom is 0.416 e. The molecule has 1 N–H and O–H groups in total. The standard InChI is InChI=1S/C24H26F3N3O2S/c1-16(2)33(31,32)29-23-12-20-4-3-17(9-21(20)13-23)7-18-8-19(14-30-6-5-28-15-30)11-22(10-18)24(25,26)27/h3-6,8-11,15-16,23,29H,7,12-14H2,1-2H3. The number of hydrogen-bond acceptors (Lipinski definition) is 3. The van der Waals surface area contributed by atoms with Crippen molar-refractivity contribution in [1.29, 1.82) is 0 Å². The second-order valence-corrected chi connectivity index (χ2v) is 11.1. The molecule has 1 aliphatic carbocycles. The summed E-state index contributed by atoms with van der Waals surface area (Å²) in [6.07, 6.45) is 1.99. The lowest BCUT2D eigenvalue weighted by Gasteiger charge is -2.14. The van der Waals surface area contributed by atoms with Gasteiger partial charge >= 0.3 is 6.18 Å². The van der Waals surface area contributed by atoms with Gasteiger partial charge in [-0.3, -0.25) is 0 Å². The second kappa shape index (κ2) is 8.95. The molecule has 0 fully saturated rings. The van der Waals surface area contributed by atoms with E-state index in [1.807, 2.05) is 18.2 Å². The molecule has 1 atom stereocenters. The number of halogens is 3. The molecule has 0 spiro atoms. The molecule has 0 aliphatic heterocycles. The van der Waals surface area contributed by atoms with Crippen molar-refractivity contribution in [3.05, 3.63) is 88.5 Å². The minimum Gasteiger partial charge on any atom is -0.333 e. The zero-order valence-electron chi connectivity index (χ0n) is 18.4. The maximum atomic E-state index is 13.5. The summed E-state index contributed by atoms with van der Waals surface area (Å²) < 4.78 is 69.4. The molecule has 1 unspecified atom stereocenters. The number of nitrogens with zero attached hydrogens (tertiary/aromatic N) is 2. The van der Waals surface area contributed by atoms with Crippen LogP contribution in [0.2, 0.25) is 0 Å². The molecule has 4 rings (SSSR count). The molecule has 1 aliphatic rings. The predicted molar refractivity (Wildman–Crippen MR) is 120 cm³/mol. The number of nitrogens with one attached hydrogen (secondary N) is 1. The zero-order chi connectivity index (χ0) is 23.8. The first-order chi connectivity index (χ1) is 15.5. The molecule has 33 heavy (non-hydrogen) atoms. The smallest absolute Gasteiger partial charge is 0.333 e. The largest absolute Gasteiger partial charge is 0.416 e. The summed E-state index contributed by atoms with van der Waals surface area (Å²) >= 11 is 0. The number of hydrogen-bond donors (Lipinski definition) is 1. The molecule has 5 nitrogen and oxygen atoms in total. The topological polar surface area (TPSA) is 64.0 Å². The van der Waals surface area contributed by atoms with Crippen LogP contribution in [0.3, 0.4) is 0 Å². The van der Waals surface area contributed by atoms with Crippen LogP contribution < -0.4 is 4.72 Å². The van der Waals surface area contributed by atoms with E-state index in [9.17, 15) is 21.6 Å². The van der Waals surface area contributed by atoms with E-state index in [4.69, 9.17) is 0 Å². The van der Waals surface area contributed by atoms with Crippen molar-refractivity contribution < 1.29 is 21.6 Å². The van der Waals surface area contributed by atoms with Gasteiger partial charge in [-0.2, -0.15) is 13.2 Å². The van der Waals surface area contributed by atoms with Crippen LogP contribution in [0, 0.1) is 0 Å². The number of fused-ring (bicyclic) bond motifs is 1. The summed E-state index contributed by atoms with van der Waals surface area (Å²) in [5.41, 5.74) is 3.47. The fraction of sp³-hybridized carbons (Fsp3) is 0.375. The van der Waals surface area contributed by atoms with Crippen LogP contribution in [0.5, 0.6) is 0 Å². The third kappa shape index (κ3) is 5.65. The summed E-state index contributed by atoms with van der Waals surface area (Å²) in [6.45, 7) is 3.58. The van der Waals surface area contributed by atoms with Gasteiger partial charge in [-0.15, -0.1) is 0 Å². The molecule has 3 aromatic rings. The first-order valence-corrected chi connectivity index (χ1v) is 12.3. The molecule has 0 radical (unpaired) electrons. The van der Waals surface area contributed by atoms with E-state index in [1.165, 1.54) is 12.1 Å². The van der Waals surface area contributed by atoms with Gasteiger partial charge in [0.25, 0.3) is 0 Å². The Hall–Kier alpha value is -2.65. The van der Waals surface area contributed by atoms with Gasteiger partial charge in [0.15, 0.2) is 0 Å². The van der Waals surface area contributed by atoms with E-state index < -0.39 is 27.0 Å². The molecule has 0 bridgehead atoms. The average Bonchev–Trinajstić information content (AvgIpc) is 3.35. The van der Waals surface area contributed by atoms with E-state index in [-0.39, 0.29) is 6.04 Å². The molecule has 2 aromatic carbocycles. The highest BCUT2D eigenvalue weighted by Crippen LogP contribution is 2.32. The Kier molecular flexibility index (Phi) is 6.37. The molecule has 0 amide bonds. The van der Waals surface area contributed by atoms with Crippen LogP contribution in [0.25, 0.3) is 0 Å². The van der Waals surface area contributed by atoms with Gasteiger partial charge < -0.3 is 4.57 Å². The third-order valence-electron chi connectivity index (χ3n) is 5.87. The number of alkyl halides is 3. The van der Waals surface area contributed by atoms with Gasteiger partial charge in [0.2, 0.25) is 10.0 Å². The molecule has 0 saturated carbocycles. The van der Waals surface area contributed by atoms with Crippen molar-refractivity contribution in [2.75, 3.05) is 0 Å². The highest BCUT2D eigenvalue weighted by Gasteiger charge is 2.31. The first kappa shape index (κ1) is 23.5. The van der Waals surface area contributed by atoms with Gasteiger partial charge in [-0.05, 0) is 73.1 Å². The number of benzene rings is 2. The van der Waals surface area contributed by atoms with E-state index >= 15 is 0 Å². The SMILES string of the molecule is CC(C)S(=O)(=O)NC1Cc2ccc(Cc3cc(Cn4ccnc4)cc(C(F)(F)F)c3)cc2C1. The summed E-state index contributed by atoms with van der Waals surface area (Å²) in [7, 11) is -3.37. The van der Waals surface area contributed by atoms with Gasteiger partial charge in [-0.1, -0.05) is 24.3 Å². The lowest BCUT2D eigenvalue weighted by molar-refractivity contribution is -0.137. The fourth-order valence-corrected chi connectivity index (χ4v) is 5.08. The second-order valence-electron chi connectivity index (χ2n) is 8.87. The molecular formula is C24H26F3N3O2S. The predicted octanol–water partition coefficient (Wildman–Crippen LogP) is 4.34. The Morgan fingerprint density at radius 1 is 1.06 bits per heavy atom. The molecule has 1 heterocycles. The number of aromatic nitrogens is 2. The molecule has 0 saturated heterocycles. The van der Waals surface area contributed by atoms with Gasteiger partial charge in [-0.25, -0.2) is 18.1 Å². The van der Waals surface area contributed by atoms with Crippen LogP contribution in [-0.4, -0.2) is 29.3 Å². The van der Waals surface area contributed by atoms with Gasteiger partial charge in [0, 0.05) is 25.0 Å². The Bertz CT molecular complexity index is 1240. The fourth-order valence-electron chi connectivity index (χ4n) is 4.18. The summed E-state index contributed by atoms with van der Waals surface area (Å²) in [6, 6.07) is 9.82. The van der Waals surface area contributed by atoms with E-state index in [0.717, 1.165) is 16.7 Å². The molecule has 1 aromatic heterocycles. The number of rotatable bonds is 7. The van der Waals surface area contributed by atoms with Crippen molar-refractivity contribution in [3.8, 4) is 0 Å². The normalized spacial score (nSPS) is 16.4. The van der Waals surface area contributed by atoms with Crippen LogP contribution in [0.15, 0.2) is 55.1 Å². The molecule has 176 valence electrons. The minimum atomic E-state index is -4.43. The van der Waals surface area contributed by atoms with E-state index in [0.29, 0.717) is 36.9 Å². The Balaban J connectivity index is 1.55. The van der Waals surface area contributed by atoms with Crippen LogP contribution >= 0.6 is 0 Å². The van der Waals surface area contributed by atoms with E-state index in [2.05, 4.69) is 9.71 Å². The summed E-state index contributed by atoms with van der Waals surface area (Å²) in [4.78, 5) is 3.95. The first-order valence-electron chi connectivity index (χ1n) is 10.8. The monoisotopic (exact) mass is 477 g/mol. The van der Waals surface area contributed by atoms with Crippen molar-refractivity contribution in [2.45, 2.75) is 57.1 Å². The zero-order valence-corrected chi connectivity index (χ0v) is 19.2. The summed E-state index contributed by atoms with van der Waals surface area (Å²) in [5, 5.41) is -0.505. The maximum absolute atomic E-state index is 13.5. The van der Waals surface area contributed by atoms with E-state index in [1.54, 1.807) is 43.2 Å². The van der Waals surface area contributed by atoms with Crippen LogP contribution in [0.4, 0.5) is 13.2 Å². The Labute approximate surface area is 191 Å². The van der Waals surface area contributed by atoms with Crippen molar-refractivity contribution >= 4 is 10.0 Å². The average molecular weight is 478 g/mol. The quantitative estimate of drug-likeness (QED) is 0.551. The highest BCUT2D eigenvalue weighted by molar-refractivity contribution is 7.90. The lowest BCUT2D eigenvalue weighted by atomic mass is 9.97. The number of sulfonamides is 1.